The van der Waals surface area contributed by atoms with Crippen LogP contribution in [-0.2, 0) is 10.0 Å². The molecule has 0 aliphatic carbocycles. The number of piperazine rings is 1. The maximum absolute atomic E-state index is 13.2. The van der Waals surface area contributed by atoms with E-state index in [0.717, 1.165) is 0 Å². The molecule has 1 aromatic rings. The molecule has 1 aliphatic rings. The molecule has 11 heteroatoms. The van der Waals surface area contributed by atoms with Gasteiger partial charge in [0.25, 0.3) is 0 Å². The van der Waals surface area contributed by atoms with Crippen LogP contribution in [0, 0.1) is 0 Å². The van der Waals surface area contributed by atoms with Gasteiger partial charge in [-0.05, 0) is 18.2 Å². The van der Waals surface area contributed by atoms with Crippen LogP contribution >= 0.6 is 24.0 Å². The number of halogens is 5. The zero-order valence-electron chi connectivity index (χ0n) is 12.5. The van der Waals surface area contributed by atoms with E-state index in [-0.39, 0.29) is 35.4 Å². The smallest absolute Gasteiger partial charge is 0.314 e. The van der Waals surface area contributed by atoms with Crippen molar-refractivity contribution < 1.29 is 21.6 Å². The molecule has 1 aromatic carbocycles. The van der Waals surface area contributed by atoms with Gasteiger partial charge in [0.1, 0.15) is 6.04 Å². The fourth-order valence-electron chi connectivity index (χ4n) is 2.35. The van der Waals surface area contributed by atoms with E-state index < -0.39 is 28.8 Å². The van der Waals surface area contributed by atoms with E-state index in [1.165, 1.54) is 29.2 Å². The van der Waals surface area contributed by atoms with Gasteiger partial charge in [-0.1, -0.05) is 17.7 Å². The van der Waals surface area contributed by atoms with Crippen LogP contribution < -0.4 is 10.0 Å². The van der Waals surface area contributed by atoms with Crippen LogP contribution in [0.4, 0.5) is 13.2 Å². The predicted octanol–water partition coefficient (Wildman–Crippen LogP) is 1.88. The largest absolute Gasteiger partial charge is 0.405 e. The lowest BCUT2D eigenvalue weighted by Gasteiger charge is -2.35. The first kappa shape index (κ1) is 21.5. The van der Waals surface area contributed by atoms with Crippen LogP contribution in [0.15, 0.2) is 29.2 Å². The van der Waals surface area contributed by atoms with Crippen molar-refractivity contribution in [2.45, 2.75) is 17.1 Å². The standard InChI is InChI=1S/C13H17ClF3N3O2S.ClH/c14-10-2-1-3-11(8-10)23(21,22)19-9-12(13(15,16)17)20-6-4-18-5-7-20;/h1-3,8,12,18-19H,4-7,9H2;1H. The van der Waals surface area contributed by atoms with Crippen molar-refractivity contribution in [2.24, 2.45) is 0 Å². The molecule has 0 radical (unpaired) electrons. The molecule has 1 heterocycles. The molecule has 1 atom stereocenters. The van der Waals surface area contributed by atoms with Crippen LogP contribution in [0.25, 0.3) is 0 Å². The Morgan fingerprint density at radius 2 is 1.92 bits per heavy atom. The molecular weight excluding hydrogens is 390 g/mol. The SMILES string of the molecule is Cl.O=S(=O)(NCC(N1CCNCC1)C(F)(F)F)c1cccc(Cl)c1. The molecule has 1 aliphatic heterocycles. The zero-order chi connectivity index (χ0) is 17.1. The summed E-state index contributed by atoms with van der Waals surface area (Å²) in [7, 11) is -4.05. The van der Waals surface area contributed by atoms with Gasteiger partial charge in [-0.25, -0.2) is 13.1 Å². The fourth-order valence-corrected chi connectivity index (χ4v) is 3.69. The third-order valence-corrected chi connectivity index (χ3v) is 5.20. The Hall–Kier alpha value is -0.580. The summed E-state index contributed by atoms with van der Waals surface area (Å²) in [5, 5.41) is 3.16. The molecule has 2 rings (SSSR count). The van der Waals surface area contributed by atoms with Crippen LogP contribution in [-0.4, -0.2) is 58.3 Å². The summed E-state index contributed by atoms with van der Waals surface area (Å²) in [4.78, 5) is 1.07. The number of benzene rings is 1. The molecule has 24 heavy (non-hydrogen) atoms. The topological polar surface area (TPSA) is 61.4 Å². The first-order valence-corrected chi connectivity index (χ1v) is 8.83. The second-order valence-corrected chi connectivity index (χ2v) is 7.36. The summed E-state index contributed by atoms with van der Waals surface area (Å²) in [5.74, 6) is 0. The Kier molecular flexibility index (Phi) is 7.76. The van der Waals surface area contributed by atoms with Crippen molar-refractivity contribution in [3.63, 3.8) is 0 Å². The van der Waals surface area contributed by atoms with Gasteiger partial charge in [-0.2, -0.15) is 13.2 Å². The van der Waals surface area contributed by atoms with E-state index >= 15 is 0 Å². The highest BCUT2D eigenvalue weighted by atomic mass is 35.5. The van der Waals surface area contributed by atoms with E-state index in [1.807, 2.05) is 4.72 Å². The van der Waals surface area contributed by atoms with Crippen molar-refractivity contribution in [3.05, 3.63) is 29.3 Å². The van der Waals surface area contributed by atoms with Crippen molar-refractivity contribution in [1.29, 1.82) is 0 Å². The molecule has 0 saturated carbocycles. The molecular formula is C13H18Cl2F3N3O2S. The maximum atomic E-state index is 13.2. The molecule has 5 nitrogen and oxygen atoms in total. The lowest BCUT2D eigenvalue weighted by Crippen LogP contribution is -2.57. The van der Waals surface area contributed by atoms with Crippen LogP contribution in [0.1, 0.15) is 0 Å². The lowest BCUT2D eigenvalue weighted by atomic mass is 10.2. The minimum Gasteiger partial charge on any atom is -0.314 e. The van der Waals surface area contributed by atoms with Gasteiger partial charge >= 0.3 is 6.18 Å². The zero-order valence-corrected chi connectivity index (χ0v) is 14.9. The van der Waals surface area contributed by atoms with Gasteiger partial charge in [0.15, 0.2) is 0 Å². The number of sulfonamides is 1. The number of nitrogens with zero attached hydrogens (tertiary/aromatic N) is 1. The van der Waals surface area contributed by atoms with Gasteiger partial charge < -0.3 is 5.32 Å². The summed E-state index contributed by atoms with van der Waals surface area (Å²) in [6, 6.07) is 3.52. The van der Waals surface area contributed by atoms with Crippen molar-refractivity contribution >= 4 is 34.0 Å². The molecule has 1 unspecified atom stereocenters. The van der Waals surface area contributed by atoms with Gasteiger partial charge in [-0.15, -0.1) is 12.4 Å². The predicted molar refractivity (Wildman–Crippen MR) is 88.2 cm³/mol. The third kappa shape index (κ3) is 5.75. The minimum absolute atomic E-state index is 0. The number of hydrogen-bond donors (Lipinski definition) is 2. The minimum atomic E-state index is -4.52. The number of hydrogen-bond acceptors (Lipinski definition) is 4. The van der Waals surface area contributed by atoms with E-state index in [0.29, 0.717) is 13.1 Å². The van der Waals surface area contributed by atoms with E-state index in [9.17, 15) is 21.6 Å². The normalized spacial score (nSPS) is 18.0. The molecule has 1 saturated heterocycles. The van der Waals surface area contributed by atoms with Crippen LogP contribution in [0.3, 0.4) is 0 Å². The Balaban J connectivity index is 0.00000288. The summed E-state index contributed by atoms with van der Waals surface area (Å²) in [5.41, 5.74) is 0. The van der Waals surface area contributed by atoms with Crippen LogP contribution in [0.2, 0.25) is 5.02 Å². The molecule has 2 N–H and O–H groups in total. The molecule has 138 valence electrons. The second kappa shape index (κ2) is 8.68. The van der Waals surface area contributed by atoms with Gasteiger partial charge in [0, 0.05) is 37.7 Å². The van der Waals surface area contributed by atoms with E-state index in [4.69, 9.17) is 11.6 Å². The van der Waals surface area contributed by atoms with Gasteiger partial charge in [0.2, 0.25) is 10.0 Å². The highest BCUT2D eigenvalue weighted by molar-refractivity contribution is 7.89. The molecule has 0 bridgehead atoms. The van der Waals surface area contributed by atoms with E-state index in [2.05, 4.69) is 5.32 Å². The highest BCUT2D eigenvalue weighted by Gasteiger charge is 2.44. The third-order valence-electron chi connectivity index (χ3n) is 3.54. The first-order valence-electron chi connectivity index (χ1n) is 6.97. The maximum Gasteiger partial charge on any atom is 0.405 e. The second-order valence-electron chi connectivity index (χ2n) is 5.15. The first-order chi connectivity index (χ1) is 10.7. The van der Waals surface area contributed by atoms with E-state index in [1.54, 1.807) is 0 Å². The Morgan fingerprint density at radius 1 is 1.29 bits per heavy atom. The molecule has 0 amide bonds. The number of alkyl halides is 3. The molecule has 1 fully saturated rings. The Morgan fingerprint density at radius 3 is 2.46 bits per heavy atom. The van der Waals surface area contributed by atoms with Gasteiger partial charge in [-0.3, -0.25) is 4.90 Å². The van der Waals surface area contributed by atoms with Gasteiger partial charge in [0.05, 0.1) is 4.90 Å². The Labute approximate surface area is 150 Å². The summed E-state index contributed by atoms with van der Waals surface area (Å²) < 4.78 is 66.0. The van der Waals surface area contributed by atoms with Crippen molar-refractivity contribution in [1.82, 2.24) is 14.9 Å². The van der Waals surface area contributed by atoms with Crippen molar-refractivity contribution in [3.8, 4) is 0 Å². The fraction of sp³-hybridized carbons (Fsp3) is 0.538. The summed E-state index contributed by atoms with van der Waals surface area (Å²) in [6.07, 6.45) is -4.52. The monoisotopic (exact) mass is 407 g/mol. The average molecular weight is 408 g/mol. The lowest BCUT2D eigenvalue weighted by molar-refractivity contribution is -0.182. The molecule has 0 spiro atoms. The number of nitrogens with one attached hydrogen (secondary N) is 2. The van der Waals surface area contributed by atoms with Crippen LogP contribution in [0.5, 0.6) is 0 Å². The summed E-state index contributed by atoms with van der Waals surface area (Å²) >= 11 is 5.72. The summed E-state index contributed by atoms with van der Waals surface area (Å²) in [6.45, 7) is 0.561. The average Bonchev–Trinajstić information content (AvgIpc) is 2.47. The molecule has 0 aromatic heterocycles. The number of rotatable bonds is 5. The van der Waals surface area contributed by atoms with Crippen molar-refractivity contribution in [2.75, 3.05) is 32.7 Å². The quantitative estimate of drug-likeness (QED) is 0.781. The highest BCUT2D eigenvalue weighted by Crippen LogP contribution is 2.25. The Bertz CT molecular complexity index is 638.